The van der Waals surface area contributed by atoms with Crippen molar-refractivity contribution in [2.24, 2.45) is 5.11 Å². The van der Waals surface area contributed by atoms with Crippen molar-refractivity contribution in [2.45, 2.75) is 6.54 Å². The molecule has 0 saturated heterocycles. The van der Waals surface area contributed by atoms with E-state index in [9.17, 15) is 0 Å². The zero-order chi connectivity index (χ0) is 9.68. The molecule has 0 saturated carbocycles. The third kappa shape index (κ3) is 2.38. The average Bonchev–Trinajstić information content (AvgIpc) is 2.15. The molecule has 13 heavy (non-hydrogen) atoms. The maximum atomic E-state index is 8.57. The summed E-state index contributed by atoms with van der Waals surface area (Å²) in [7, 11) is 0. The molecule has 5 heteroatoms. The van der Waals surface area contributed by atoms with Crippen LogP contribution in [-0.2, 0) is 6.54 Å². The zero-order valence-corrected chi connectivity index (χ0v) is 7.36. The summed E-state index contributed by atoms with van der Waals surface area (Å²) in [6.45, 7) is 0.252. The Kier molecular flexibility index (Phi) is 3.15. The zero-order valence-electron chi connectivity index (χ0n) is 6.61. The van der Waals surface area contributed by atoms with Gasteiger partial charge in [-0.25, -0.2) is 0 Å². The van der Waals surface area contributed by atoms with Gasteiger partial charge in [0, 0.05) is 4.91 Å². The van der Waals surface area contributed by atoms with Gasteiger partial charge < -0.3 is 0 Å². The van der Waals surface area contributed by atoms with E-state index >= 15 is 0 Å². The van der Waals surface area contributed by atoms with Gasteiger partial charge in [-0.1, -0.05) is 22.8 Å². The van der Waals surface area contributed by atoms with Crippen LogP contribution in [0.5, 0.6) is 0 Å². The molecule has 0 atom stereocenters. The van der Waals surface area contributed by atoms with Crippen LogP contribution in [0.15, 0.2) is 23.3 Å². The molecule has 0 spiro atoms. The first-order valence-electron chi connectivity index (χ1n) is 3.47. The van der Waals surface area contributed by atoms with Crippen LogP contribution in [0.4, 0.5) is 0 Å². The fraction of sp³-hybridized carbons (Fsp3) is 0.125. The molecule has 0 aliphatic carbocycles. The van der Waals surface area contributed by atoms with E-state index in [0.717, 1.165) is 5.56 Å². The lowest BCUT2D eigenvalue weighted by atomic mass is 10.1. The van der Waals surface area contributed by atoms with Crippen LogP contribution in [0, 0.1) is 11.3 Å². The molecule has 0 fully saturated rings. The van der Waals surface area contributed by atoms with Gasteiger partial charge in [0.15, 0.2) is 0 Å². The Balaban J connectivity index is 2.97. The Labute approximate surface area is 80.0 Å². The Morgan fingerprint density at radius 2 is 2.38 bits per heavy atom. The third-order valence-corrected chi connectivity index (χ3v) is 1.78. The molecular weight excluding hydrogens is 188 g/mol. The normalized spacial score (nSPS) is 8.62. The van der Waals surface area contributed by atoms with Crippen molar-refractivity contribution < 1.29 is 0 Å². The summed E-state index contributed by atoms with van der Waals surface area (Å²) in [5.41, 5.74) is 9.29. The molecule has 0 aliphatic rings. The van der Waals surface area contributed by atoms with Gasteiger partial charge in [-0.05, 0) is 23.2 Å². The Hall–Kier alpha value is -1.69. The van der Waals surface area contributed by atoms with Crippen LogP contribution in [-0.4, -0.2) is 0 Å². The third-order valence-electron chi connectivity index (χ3n) is 1.47. The van der Waals surface area contributed by atoms with Crippen LogP contribution < -0.4 is 0 Å². The van der Waals surface area contributed by atoms with E-state index in [1.54, 1.807) is 18.2 Å². The quantitative estimate of drug-likeness (QED) is 0.403. The summed E-state index contributed by atoms with van der Waals surface area (Å²) in [6.07, 6.45) is 0. The maximum absolute atomic E-state index is 8.57. The van der Waals surface area contributed by atoms with E-state index in [1.165, 1.54) is 0 Å². The molecule has 1 aromatic carbocycles. The molecule has 1 aromatic rings. The van der Waals surface area contributed by atoms with Gasteiger partial charge >= 0.3 is 0 Å². The summed E-state index contributed by atoms with van der Waals surface area (Å²) in [5.74, 6) is 0. The van der Waals surface area contributed by atoms with E-state index in [4.69, 9.17) is 22.4 Å². The first-order valence-corrected chi connectivity index (χ1v) is 3.85. The van der Waals surface area contributed by atoms with Crippen LogP contribution in [0.1, 0.15) is 11.1 Å². The molecule has 0 unspecified atom stereocenters. The number of halogens is 1. The molecule has 0 heterocycles. The highest BCUT2D eigenvalue weighted by molar-refractivity contribution is 6.31. The Morgan fingerprint density at radius 3 is 2.92 bits per heavy atom. The molecular formula is C8H5ClN4. The van der Waals surface area contributed by atoms with Crippen molar-refractivity contribution in [3.63, 3.8) is 0 Å². The first-order chi connectivity index (χ1) is 6.27. The van der Waals surface area contributed by atoms with Crippen molar-refractivity contribution >= 4 is 11.6 Å². The number of hydrogen-bond donors (Lipinski definition) is 0. The molecule has 0 radical (unpaired) electrons. The van der Waals surface area contributed by atoms with E-state index in [0.29, 0.717) is 10.6 Å². The van der Waals surface area contributed by atoms with Crippen LogP contribution in [0.25, 0.3) is 10.4 Å². The van der Waals surface area contributed by atoms with Gasteiger partial charge in [-0.15, -0.1) is 0 Å². The summed E-state index contributed by atoms with van der Waals surface area (Å²) < 4.78 is 0. The minimum atomic E-state index is 0.252. The maximum Gasteiger partial charge on any atom is 0.101 e. The van der Waals surface area contributed by atoms with Gasteiger partial charge in [0.1, 0.15) is 6.07 Å². The van der Waals surface area contributed by atoms with Crippen molar-refractivity contribution in [2.75, 3.05) is 0 Å². The number of nitrogens with zero attached hydrogens (tertiary/aromatic N) is 4. The fourth-order valence-corrected chi connectivity index (χ4v) is 1.11. The predicted octanol–water partition coefficient (Wildman–Crippen LogP) is 3.02. The van der Waals surface area contributed by atoms with Crippen LogP contribution >= 0.6 is 11.6 Å². The lowest BCUT2D eigenvalue weighted by Crippen LogP contribution is -1.83. The molecule has 0 N–H and O–H groups in total. The van der Waals surface area contributed by atoms with Crippen molar-refractivity contribution in [3.8, 4) is 6.07 Å². The van der Waals surface area contributed by atoms with Crippen molar-refractivity contribution in [1.82, 2.24) is 0 Å². The lowest BCUT2D eigenvalue weighted by Gasteiger charge is -1.97. The smallest absolute Gasteiger partial charge is 0.101 e. The van der Waals surface area contributed by atoms with Crippen molar-refractivity contribution in [1.29, 1.82) is 5.26 Å². The average molecular weight is 193 g/mol. The summed E-state index contributed by atoms with van der Waals surface area (Å²) in [5, 5.41) is 12.3. The highest BCUT2D eigenvalue weighted by atomic mass is 35.5. The van der Waals surface area contributed by atoms with Gasteiger partial charge in [0.05, 0.1) is 17.1 Å². The van der Waals surface area contributed by atoms with E-state index in [-0.39, 0.29) is 6.54 Å². The molecule has 1 rings (SSSR count). The van der Waals surface area contributed by atoms with E-state index in [2.05, 4.69) is 10.0 Å². The Bertz CT molecular complexity index is 401. The SMILES string of the molecule is N#Cc1ccc(CN=[N+]=[N-])cc1Cl. The highest BCUT2D eigenvalue weighted by Crippen LogP contribution is 2.17. The molecule has 4 nitrogen and oxygen atoms in total. The number of hydrogen-bond acceptors (Lipinski definition) is 2. The van der Waals surface area contributed by atoms with Gasteiger partial charge in [0.2, 0.25) is 0 Å². The summed E-state index contributed by atoms with van der Waals surface area (Å²) >= 11 is 5.75. The standard InChI is InChI=1S/C8H5ClN4/c9-8-3-6(5-12-13-11)1-2-7(8)4-10/h1-3H,5H2. The number of benzene rings is 1. The minimum Gasteiger partial charge on any atom is -0.192 e. The van der Waals surface area contributed by atoms with Gasteiger partial charge in [-0.2, -0.15) is 5.26 Å². The number of azide groups is 1. The second-order valence-electron chi connectivity index (χ2n) is 2.31. The topological polar surface area (TPSA) is 72.5 Å². The molecule has 0 aromatic heterocycles. The first kappa shape index (κ1) is 9.40. The van der Waals surface area contributed by atoms with E-state index in [1.807, 2.05) is 6.07 Å². The molecule has 0 bridgehead atoms. The summed E-state index contributed by atoms with van der Waals surface area (Å²) in [6, 6.07) is 6.87. The van der Waals surface area contributed by atoms with Gasteiger partial charge in [0.25, 0.3) is 0 Å². The predicted molar refractivity (Wildman–Crippen MR) is 49.0 cm³/mol. The summed E-state index contributed by atoms with van der Waals surface area (Å²) in [4.78, 5) is 2.62. The van der Waals surface area contributed by atoms with Crippen LogP contribution in [0.2, 0.25) is 5.02 Å². The highest BCUT2D eigenvalue weighted by Gasteiger charge is 1.99. The Morgan fingerprint density at radius 1 is 1.62 bits per heavy atom. The second kappa shape index (κ2) is 4.36. The lowest BCUT2D eigenvalue weighted by molar-refractivity contribution is 1.05. The molecule has 0 amide bonds. The largest absolute Gasteiger partial charge is 0.192 e. The monoisotopic (exact) mass is 192 g/mol. The fourth-order valence-electron chi connectivity index (χ4n) is 0.861. The minimum absolute atomic E-state index is 0.252. The number of nitriles is 1. The number of rotatable bonds is 2. The molecule has 64 valence electrons. The molecule has 0 aliphatic heterocycles. The van der Waals surface area contributed by atoms with Crippen LogP contribution in [0.3, 0.4) is 0 Å². The van der Waals surface area contributed by atoms with Crippen molar-refractivity contribution in [3.05, 3.63) is 44.8 Å². The second-order valence-corrected chi connectivity index (χ2v) is 2.72. The van der Waals surface area contributed by atoms with Gasteiger partial charge in [-0.3, -0.25) is 0 Å². The van der Waals surface area contributed by atoms with E-state index < -0.39 is 0 Å².